The predicted molar refractivity (Wildman–Crippen MR) is 114 cm³/mol. The molecule has 156 valence electrons. The van der Waals surface area contributed by atoms with E-state index >= 15 is 0 Å². The summed E-state index contributed by atoms with van der Waals surface area (Å²) in [4.78, 5) is 45.3. The third-order valence-electron chi connectivity index (χ3n) is 5.53. The Bertz CT molecular complexity index is 1400. The maximum atomic E-state index is 12.5. The molecule has 1 aliphatic rings. The normalized spacial score (nSPS) is 16.4. The first-order valence-electron chi connectivity index (χ1n) is 10.0. The number of aryl methyl sites for hydroxylation is 1. The average molecular weight is 417 g/mol. The number of amides is 1. The second-order valence-electron chi connectivity index (χ2n) is 7.43. The molecule has 1 amide bonds. The van der Waals surface area contributed by atoms with E-state index in [2.05, 4.69) is 15.1 Å². The molecule has 9 heteroatoms. The summed E-state index contributed by atoms with van der Waals surface area (Å²) in [5.74, 6) is 0.572. The third-order valence-corrected chi connectivity index (χ3v) is 5.53. The number of H-pyrrole nitrogens is 1. The lowest BCUT2D eigenvalue weighted by Gasteiger charge is -2.15. The van der Waals surface area contributed by atoms with E-state index in [4.69, 9.17) is 4.52 Å². The van der Waals surface area contributed by atoms with E-state index in [9.17, 15) is 14.4 Å². The highest BCUT2D eigenvalue weighted by molar-refractivity contribution is 5.96. The van der Waals surface area contributed by atoms with E-state index in [0.717, 1.165) is 5.69 Å². The Morgan fingerprint density at radius 2 is 1.94 bits per heavy atom. The molecule has 3 heterocycles. The standard InChI is InChI=1S/C22H19N5O4/c1-2-26-17-9-8-13(10-16(17)23-20(29)22(26)30)19-24-21(31-25-19)14-11-18(28)27(12-14)15-6-4-3-5-7-15/h3-10,14H,2,11-12H2,1H3,(H,23,29)/t14-/m1/s1. The molecule has 4 aromatic rings. The van der Waals surface area contributed by atoms with Crippen molar-refractivity contribution in [1.29, 1.82) is 0 Å². The van der Waals surface area contributed by atoms with Gasteiger partial charge in [-0.1, -0.05) is 23.4 Å². The van der Waals surface area contributed by atoms with E-state index in [0.29, 0.717) is 47.8 Å². The highest BCUT2D eigenvalue weighted by atomic mass is 16.5. The van der Waals surface area contributed by atoms with Crippen LogP contribution in [0, 0.1) is 0 Å². The van der Waals surface area contributed by atoms with Crippen LogP contribution in [0.4, 0.5) is 5.69 Å². The van der Waals surface area contributed by atoms with Crippen LogP contribution >= 0.6 is 0 Å². The highest BCUT2D eigenvalue weighted by Gasteiger charge is 2.35. The molecular weight excluding hydrogens is 398 g/mol. The zero-order valence-corrected chi connectivity index (χ0v) is 16.7. The first-order valence-corrected chi connectivity index (χ1v) is 10.0. The topological polar surface area (TPSA) is 114 Å². The average Bonchev–Trinajstić information content (AvgIpc) is 3.42. The van der Waals surface area contributed by atoms with Gasteiger partial charge in [0.15, 0.2) is 0 Å². The van der Waals surface area contributed by atoms with Gasteiger partial charge in [0.2, 0.25) is 17.6 Å². The molecule has 5 rings (SSSR count). The first-order chi connectivity index (χ1) is 15.0. The summed E-state index contributed by atoms with van der Waals surface area (Å²) in [5, 5.41) is 4.07. The number of anilines is 1. The Hall–Kier alpha value is -4.01. The number of hydrogen-bond acceptors (Lipinski definition) is 6. The molecule has 2 aromatic heterocycles. The summed E-state index contributed by atoms with van der Waals surface area (Å²) >= 11 is 0. The van der Waals surface area contributed by atoms with E-state index in [1.165, 1.54) is 4.57 Å². The van der Waals surface area contributed by atoms with Gasteiger partial charge in [-0.25, -0.2) is 0 Å². The predicted octanol–water partition coefficient (Wildman–Crippen LogP) is 2.28. The van der Waals surface area contributed by atoms with Crippen LogP contribution in [-0.4, -0.2) is 32.1 Å². The highest BCUT2D eigenvalue weighted by Crippen LogP contribution is 2.32. The Labute approximate surface area is 175 Å². The fourth-order valence-corrected chi connectivity index (χ4v) is 3.98. The van der Waals surface area contributed by atoms with Crippen LogP contribution in [0.1, 0.15) is 25.2 Å². The van der Waals surface area contributed by atoms with Crippen LogP contribution in [0.2, 0.25) is 0 Å². The summed E-state index contributed by atoms with van der Waals surface area (Å²) in [7, 11) is 0. The van der Waals surface area contributed by atoms with Gasteiger partial charge in [0.05, 0.1) is 17.0 Å². The third kappa shape index (κ3) is 3.24. The van der Waals surface area contributed by atoms with Crippen LogP contribution in [0.5, 0.6) is 0 Å². The number of para-hydroxylation sites is 1. The number of benzene rings is 2. The summed E-state index contributed by atoms with van der Waals surface area (Å²) in [6, 6.07) is 14.7. The summed E-state index contributed by atoms with van der Waals surface area (Å²) in [6.45, 7) is 2.66. The van der Waals surface area contributed by atoms with Crippen molar-refractivity contribution in [2.75, 3.05) is 11.4 Å². The second-order valence-corrected chi connectivity index (χ2v) is 7.43. The molecule has 1 fully saturated rings. The maximum absolute atomic E-state index is 12.5. The van der Waals surface area contributed by atoms with Crippen molar-refractivity contribution in [2.45, 2.75) is 25.8 Å². The molecule has 1 N–H and O–H groups in total. The number of carbonyl (C=O) groups is 1. The SMILES string of the molecule is CCn1c(=O)c(=O)[nH]c2cc(-c3noc([C@@H]4CC(=O)N(c5ccccc5)C4)n3)ccc21. The van der Waals surface area contributed by atoms with Gasteiger partial charge in [0.1, 0.15) is 0 Å². The van der Waals surface area contributed by atoms with E-state index in [1.807, 2.05) is 30.3 Å². The molecule has 2 aromatic carbocycles. The van der Waals surface area contributed by atoms with Crippen molar-refractivity contribution in [3.8, 4) is 11.4 Å². The van der Waals surface area contributed by atoms with Gasteiger partial charge in [0, 0.05) is 30.8 Å². The minimum Gasteiger partial charge on any atom is -0.339 e. The van der Waals surface area contributed by atoms with Crippen LogP contribution in [0.15, 0.2) is 62.6 Å². The number of nitrogens with one attached hydrogen (secondary N) is 1. The molecule has 0 radical (unpaired) electrons. The lowest BCUT2D eigenvalue weighted by atomic mass is 10.1. The lowest BCUT2D eigenvalue weighted by Crippen LogP contribution is -2.35. The second kappa shape index (κ2) is 7.35. The van der Waals surface area contributed by atoms with Crippen LogP contribution in [0.25, 0.3) is 22.4 Å². The van der Waals surface area contributed by atoms with Gasteiger partial charge in [-0.15, -0.1) is 0 Å². The lowest BCUT2D eigenvalue weighted by molar-refractivity contribution is -0.117. The first kappa shape index (κ1) is 19.0. The minimum atomic E-state index is -0.675. The molecule has 9 nitrogen and oxygen atoms in total. The van der Waals surface area contributed by atoms with Crippen molar-refractivity contribution in [3.63, 3.8) is 0 Å². The van der Waals surface area contributed by atoms with Crippen LogP contribution in [-0.2, 0) is 11.3 Å². The number of aromatic nitrogens is 4. The number of aromatic amines is 1. The molecule has 0 bridgehead atoms. The van der Waals surface area contributed by atoms with Gasteiger partial charge >= 0.3 is 11.1 Å². The van der Waals surface area contributed by atoms with Crippen molar-refractivity contribution < 1.29 is 9.32 Å². The number of rotatable bonds is 4. The summed E-state index contributed by atoms with van der Waals surface area (Å²) in [5.41, 5.74) is 1.36. The Kier molecular flexibility index (Phi) is 4.50. The van der Waals surface area contributed by atoms with Crippen molar-refractivity contribution >= 4 is 22.6 Å². The quantitative estimate of drug-likeness (QED) is 0.510. The van der Waals surface area contributed by atoms with Crippen LogP contribution < -0.4 is 16.0 Å². The molecular formula is C22H19N5O4. The fourth-order valence-electron chi connectivity index (χ4n) is 3.98. The maximum Gasteiger partial charge on any atom is 0.316 e. The molecule has 1 saturated heterocycles. The van der Waals surface area contributed by atoms with Gasteiger partial charge in [-0.3, -0.25) is 14.4 Å². The van der Waals surface area contributed by atoms with Crippen molar-refractivity contribution in [3.05, 3.63) is 75.1 Å². The van der Waals surface area contributed by atoms with E-state index in [-0.39, 0.29) is 11.8 Å². The summed E-state index contributed by atoms with van der Waals surface area (Å²) in [6.07, 6.45) is 0.296. The van der Waals surface area contributed by atoms with Crippen molar-refractivity contribution in [2.24, 2.45) is 0 Å². The fraction of sp³-hybridized carbons (Fsp3) is 0.227. The monoisotopic (exact) mass is 417 g/mol. The molecule has 0 aliphatic carbocycles. The zero-order chi connectivity index (χ0) is 21.5. The Morgan fingerprint density at radius 3 is 2.71 bits per heavy atom. The number of nitrogens with zero attached hydrogens (tertiary/aromatic N) is 4. The molecule has 0 saturated carbocycles. The van der Waals surface area contributed by atoms with Gasteiger partial charge in [-0.05, 0) is 37.3 Å². The van der Waals surface area contributed by atoms with E-state index < -0.39 is 11.1 Å². The van der Waals surface area contributed by atoms with Gasteiger partial charge in [0.25, 0.3) is 0 Å². The van der Waals surface area contributed by atoms with E-state index in [1.54, 1.807) is 30.0 Å². The number of carbonyl (C=O) groups excluding carboxylic acids is 1. The van der Waals surface area contributed by atoms with Crippen LogP contribution in [0.3, 0.4) is 0 Å². The molecule has 31 heavy (non-hydrogen) atoms. The minimum absolute atomic E-state index is 0.0109. The smallest absolute Gasteiger partial charge is 0.316 e. The largest absolute Gasteiger partial charge is 0.339 e. The molecule has 1 atom stereocenters. The zero-order valence-electron chi connectivity index (χ0n) is 16.7. The van der Waals surface area contributed by atoms with Gasteiger partial charge in [-0.2, -0.15) is 4.98 Å². The number of hydrogen-bond donors (Lipinski definition) is 1. The molecule has 1 aliphatic heterocycles. The summed E-state index contributed by atoms with van der Waals surface area (Å²) < 4.78 is 6.89. The Morgan fingerprint density at radius 1 is 1.13 bits per heavy atom. The number of fused-ring (bicyclic) bond motifs is 1. The van der Waals surface area contributed by atoms with Gasteiger partial charge < -0.3 is 19.0 Å². The molecule has 0 spiro atoms. The Balaban J connectivity index is 1.45. The molecule has 0 unspecified atom stereocenters. The van der Waals surface area contributed by atoms with Crippen molar-refractivity contribution in [1.82, 2.24) is 19.7 Å².